The molecule has 0 saturated heterocycles. The van der Waals surface area contributed by atoms with Gasteiger partial charge in [0.15, 0.2) is 0 Å². The fraction of sp³-hybridized carbons (Fsp3) is 0.200. The van der Waals surface area contributed by atoms with Gasteiger partial charge in [0.2, 0.25) is 0 Å². The molecule has 100 valence electrons. The third kappa shape index (κ3) is 2.63. The van der Waals surface area contributed by atoms with Crippen molar-refractivity contribution in [1.29, 1.82) is 0 Å². The lowest BCUT2D eigenvalue weighted by Crippen LogP contribution is -2.14. The molecule has 4 heteroatoms. The van der Waals surface area contributed by atoms with E-state index in [1.165, 1.54) is 18.2 Å². The maximum absolute atomic E-state index is 13.8. The molecular formula is C15H14F3N. The Labute approximate surface area is 109 Å². The first kappa shape index (κ1) is 13.6. The van der Waals surface area contributed by atoms with Crippen LogP contribution in [0.5, 0.6) is 0 Å². The Morgan fingerprint density at radius 3 is 2.11 bits per heavy atom. The highest BCUT2D eigenvalue weighted by Gasteiger charge is 2.16. The summed E-state index contributed by atoms with van der Waals surface area (Å²) in [7, 11) is 0. The standard InChI is InChI=1S/C15H14F3N/c1-8-5-10(3-4-12(8)16)15(19)11-6-9(2)13(17)7-14(11)18/h3-7,15H,19H2,1-2H3. The topological polar surface area (TPSA) is 26.0 Å². The molecule has 2 N–H and O–H groups in total. The number of rotatable bonds is 2. The molecule has 0 aliphatic rings. The summed E-state index contributed by atoms with van der Waals surface area (Å²) in [6, 6.07) is 5.82. The van der Waals surface area contributed by atoms with Gasteiger partial charge in [-0.3, -0.25) is 0 Å². The summed E-state index contributed by atoms with van der Waals surface area (Å²) < 4.78 is 40.2. The number of benzene rings is 2. The molecule has 0 fully saturated rings. The van der Waals surface area contributed by atoms with E-state index in [-0.39, 0.29) is 11.4 Å². The van der Waals surface area contributed by atoms with Gasteiger partial charge < -0.3 is 5.73 Å². The Balaban J connectivity index is 2.46. The van der Waals surface area contributed by atoms with Crippen molar-refractivity contribution < 1.29 is 13.2 Å². The largest absolute Gasteiger partial charge is 0.320 e. The van der Waals surface area contributed by atoms with E-state index in [9.17, 15) is 13.2 Å². The van der Waals surface area contributed by atoms with Crippen LogP contribution in [-0.4, -0.2) is 0 Å². The smallest absolute Gasteiger partial charge is 0.131 e. The van der Waals surface area contributed by atoms with Gasteiger partial charge in [-0.2, -0.15) is 0 Å². The molecule has 2 aromatic carbocycles. The molecular weight excluding hydrogens is 251 g/mol. The minimum atomic E-state index is -0.751. The van der Waals surface area contributed by atoms with Crippen molar-refractivity contribution in [3.63, 3.8) is 0 Å². The molecule has 0 aromatic heterocycles. The summed E-state index contributed by atoms with van der Waals surface area (Å²) >= 11 is 0. The molecule has 0 bridgehead atoms. The van der Waals surface area contributed by atoms with Gasteiger partial charge in [-0.25, -0.2) is 13.2 Å². The van der Waals surface area contributed by atoms with Crippen LogP contribution in [-0.2, 0) is 0 Å². The SMILES string of the molecule is Cc1cc(C(N)c2cc(C)c(F)cc2F)ccc1F. The van der Waals surface area contributed by atoms with E-state index < -0.39 is 17.7 Å². The van der Waals surface area contributed by atoms with Gasteiger partial charge in [0.05, 0.1) is 6.04 Å². The quantitative estimate of drug-likeness (QED) is 0.878. The maximum Gasteiger partial charge on any atom is 0.131 e. The molecule has 2 rings (SSSR count). The van der Waals surface area contributed by atoms with Gasteiger partial charge in [-0.15, -0.1) is 0 Å². The second-order valence-electron chi connectivity index (χ2n) is 4.61. The fourth-order valence-electron chi connectivity index (χ4n) is 1.96. The van der Waals surface area contributed by atoms with Crippen LogP contribution in [0.1, 0.15) is 28.3 Å². The first-order valence-corrected chi connectivity index (χ1v) is 5.87. The van der Waals surface area contributed by atoms with Crippen LogP contribution in [0.25, 0.3) is 0 Å². The molecule has 0 aliphatic heterocycles. The van der Waals surface area contributed by atoms with Crippen molar-refractivity contribution >= 4 is 0 Å². The molecule has 0 amide bonds. The summed E-state index contributed by atoms with van der Waals surface area (Å²) in [5.74, 6) is -1.65. The first-order chi connectivity index (χ1) is 8.90. The van der Waals surface area contributed by atoms with Crippen molar-refractivity contribution in [3.05, 3.63) is 70.0 Å². The Morgan fingerprint density at radius 1 is 0.842 bits per heavy atom. The molecule has 0 saturated carbocycles. The number of hydrogen-bond donors (Lipinski definition) is 1. The zero-order valence-corrected chi connectivity index (χ0v) is 10.7. The van der Waals surface area contributed by atoms with Gasteiger partial charge in [0.25, 0.3) is 0 Å². The summed E-state index contributed by atoms with van der Waals surface area (Å²) in [5, 5.41) is 0. The summed E-state index contributed by atoms with van der Waals surface area (Å²) in [6.45, 7) is 3.15. The Morgan fingerprint density at radius 2 is 1.47 bits per heavy atom. The third-order valence-electron chi connectivity index (χ3n) is 3.15. The lowest BCUT2D eigenvalue weighted by Gasteiger charge is -2.15. The van der Waals surface area contributed by atoms with Gasteiger partial charge in [-0.05, 0) is 42.7 Å². The minimum Gasteiger partial charge on any atom is -0.320 e. The maximum atomic E-state index is 13.8. The van der Waals surface area contributed by atoms with E-state index in [0.29, 0.717) is 16.7 Å². The molecule has 1 nitrogen and oxygen atoms in total. The fourth-order valence-corrected chi connectivity index (χ4v) is 1.96. The van der Waals surface area contributed by atoms with Gasteiger partial charge in [0.1, 0.15) is 17.5 Å². The number of nitrogens with two attached hydrogens (primary N) is 1. The molecule has 0 radical (unpaired) electrons. The Bertz CT molecular complexity index is 623. The lowest BCUT2D eigenvalue weighted by atomic mass is 9.96. The van der Waals surface area contributed by atoms with Crippen LogP contribution >= 0.6 is 0 Å². The molecule has 2 aromatic rings. The number of halogens is 3. The van der Waals surface area contributed by atoms with Crippen molar-refractivity contribution in [2.75, 3.05) is 0 Å². The summed E-state index contributed by atoms with van der Waals surface area (Å²) in [6.07, 6.45) is 0. The van der Waals surface area contributed by atoms with Crippen LogP contribution in [0.3, 0.4) is 0 Å². The minimum absolute atomic E-state index is 0.199. The van der Waals surface area contributed by atoms with E-state index in [1.54, 1.807) is 19.9 Å². The third-order valence-corrected chi connectivity index (χ3v) is 3.15. The molecule has 19 heavy (non-hydrogen) atoms. The van der Waals surface area contributed by atoms with Crippen LogP contribution in [0.2, 0.25) is 0 Å². The monoisotopic (exact) mass is 265 g/mol. The summed E-state index contributed by atoms with van der Waals surface area (Å²) in [4.78, 5) is 0. The zero-order valence-electron chi connectivity index (χ0n) is 10.7. The van der Waals surface area contributed by atoms with Crippen molar-refractivity contribution in [3.8, 4) is 0 Å². The van der Waals surface area contributed by atoms with Crippen molar-refractivity contribution in [1.82, 2.24) is 0 Å². The Hall–Kier alpha value is -1.81. The molecule has 1 unspecified atom stereocenters. The van der Waals surface area contributed by atoms with Gasteiger partial charge in [-0.1, -0.05) is 12.1 Å². The molecule has 0 heterocycles. The van der Waals surface area contributed by atoms with E-state index >= 15 is 0 Å². The van der Waals surface area contributed by atoms with Crippen molar-refractivity contribution in [2.45, 2.75) is 19.9 Å². The highest BCUT2D eigenvalue weighted by molar-refractivity contribution is 5.37. The first-order valence-electron chi connectivity index (χ1n) is 5.87. The number of aryl methyl sites for hydroxylation is 2. The van der Waals surface area contributed by atoms with Gasteiger partial charge in [0, 0.05) is 11.6 Å². The van der Waals surface area contributed by atoms with E-state index in [1.807, 2.05) is 0 Å². The van der Waals surface area contributed by atoms with E-state index in [2.05, 4.69) is 0 Å². The summed E-state index contributed by atoms with van der Waals surface area (Å²) in [5.41, 5.74) is 7.52. The average molecular weight is 265 g/mol. The Kier molecular flexibility index (Phi) is 3.62. The predicted octanol–water partition coefficient (Wildman–Crippen LogP) is 3.77. The average Bonchev–Trinajstić information content (AvgIpc) is 2.36. The lowest BCUT2D eigenvalue weighted by molar-refractivity contribution is 0.560. The predicted molar refractivity (Wildman–Crippen MR) is 68.3 cm³/mol. The highest BCUT2D eigenvalue weighted by atomic mass is 19.1. The van der Waals surface area contributed by atoms with Crippen LogP contribution in [0.4, 0.5) is 13.2 Å². The van der Waals surface area contributed by atoms with E-state index in [4.69, 9.17) is 5.73 Å². The highest BCUT2D eigenvalue weighted by Crippen LogP contribution is 2.25. The normalized spacial score (nSPS) is 12.5. The molecule has 1 atom stereocenters. The van der Waals surface area contributed by atoms with E-state index in [0.717, 1.165) is 6.07 Å². The molecule has 0 spiro atoms. The van der Waals surface area contributed by atoms with Crippen LogP contribution < -0.4 is 5.73 Å². The second-order valence-corrected chi connectivity index (χ2v) is 4.61. The van der Waals surface area contributed by atoms with Gasteiger partial charge >= 0.3 is 0 Å². The zero-order chi connectivity index (χ0) is 14.2. The molecule has 0 aliphatic carbocycles. The second kappa shape index (κ2) is 5.05. The van der Waals surface area contributed by atoms with Crippen LogP contribution in [0.15, 0.2) is 30.3 Å². The van der Waals surface area contributed by atoms with Crippen molar-refractivity contribution in [2.24, 2.45) is 5.73 Å². The van der Waals surface area contributed by atoms with Crippen LogP contribution in [0, 0.1) is 31.3 Å². The number of hydrogen-bond acceptors (Lipinski definition) is 1.